The molecule has 100 valence electrons. The summed E-state index contributed by atoms with van der Waals surface area (Å²) in [6.45, 7) is 6.98. The van der Waals surface area contributed by atoms with Gasteiger partial charge in [0.05, 0.1) is 12.7 Å². The lowest BCUT2D eigenvalue weighted by Crippen LogP contribution is -2.47. The van der Waals surface area contributed by atoms with Crippen molar-refractivity contribution in [3.8, 4) is 0 Å². The molecule has 1 saturated heterocycles. The minimum atomic E-state index is 0.303. The van der Waals surface area contributed by atoms with Crippen LogP contribution in [0.5, 0.6) is 0 Å². The lowest BCUT2D eigenvalue weighted by Gasteiger charge is -2.38. The molecule has 0 radical (unpaired) electrons. The fourth-order valence-electron chi connectivity index (χ4n) is 2.31. The highest BCUT2D eigenvalue weighted by Gasteiger charge is 2.23. The lowest BCUT2D eigenvalue weighted by atomic mass is 10.1. The van der Waals surface area contributed by atoms with Crippen molar-refractivity contribution in [1.29, 1.82) is 0 Å². The first kappa shape index (κ1) is 13.8. The van der Waals surface area contributed by atoms with Crippen molar-refractivity contribution >= 4 is 21.6 Å². The van der Waals surface area contributed by atoms with Crippen LogP contribution in [-0.2, 0) is 11.3 Å². The quantitative estimate of drug-likeness (QED) is 0.929. The van der Waals surface area contributed by atoms with Gasteiger partial charge in [-0.2, -0.15) is 0 Å². The topological polar surface area (TPSA) is 24.5 Å². The van der Waals surface area contributed by atoms with E-state index in [1.54, 1.807) is 0 Å². The van der Waals surface area contributed by atoms with Gasteiger partial charge in [-0.3, -0.25) is 0 Å². The number of halogens is 1. The van der Waals surface area contributed by atoms with Crippen LogP contribution < -0.4 is 10.2 Å². The van der Waals surface area contributed by atoms with Gasteiger partial charge in [0, 0.05) is 29.3 Å². The van der Waals surface area contributed by atoms with Crippen LogP contribution in [0, 0.1) is 0 Å². The molecular formula is C14H21BrN2O. The Morgan fingerprint density at radius 2 is 2.22 bits per heavy atom. The van der Waals surface area contributed by atoms with Gasteiger partial charge in [0.15, 0.2) is 0 Å². The van der Waals surface area contributed by atoms with Gasteiger partial charge in [0.2, 0.25) is 0 Å². The molecular weight excluding hydrogens is 292 g/mol. The Morgan fingerprint density at radius 1 is 1.44 bits per heavy atom. The predicted molar refractivity (Wildman–Crippen MR) is 79.1 cm³/mol. The number of nitrogens with one attached hydrogen (secondary N) is 1. The van der Waals surface area contributed by atoms with Crippen LogP contribution in [0.2, 0.25) is 0 Å². The molecule has 1 N–H and O–H groups in total. The number of rotatable bonds is 3. The molecule has 0 bridgehead atoms. The maximum absolute atomic E-state index is 5.67. The van der Waals surface area contributed by atoms with Gasteiger partial charge in [-0.1, -0.05) is 22.0 Å². The maximum Gasteiger partial charge on any atom is 0.0723 e. The molecule has 2 unspecified atom stereocenters. The molecule has 0 spiro atoms. The van der Waals surface area contributed by atoms with Crippen molar-refractivity contribution in [2.24, 2.45) is 0 Å². The summed E-state index contributed by atoms with van der Waals surface area (Å²) in [5.41, 5.74) is 2.56. The largest absolute Gasteiger partial charge is 0.375 e. The van der Waals surface area contributed by atoms with E-state index in [1.165, 1.54) is 15.7 Å². The Hall–Kier alpha value is -0.580. The van der Waals surface area contributed by atoms with Crippen molar-refractivity contribution in [1.82, 2.24) is 5.32 Å². The molecule has 0 aromatic heterocycles. The van der Waals surface area contributed by atoms with Crippen LogP contribution in [0.3, 0.4) is 0 Å². The third-order valence-electron chi connectivity index (χ3n) is 3.34. The Morgan fingerprint density at radius 3 is 2.89 bits per heavy atom. The molecule has 1 aromatic carbocycles. The van der Waals surface area contributed by atoms with E-state index >= 15 is 0 Å². The summed E-state index contributed by atoms with van der Waals surface area (Å²) in [5, 5.41) is 3.18. The zero-order chi connectivity index (χ0) is 13.1. The van der Waals surface area contributed by atoms with Crippen molar-refractivity contribution in [3.05, 3.63) is 28.2 Å². The van der Waals surface area contributed by atoms with Crippen molar-refractivity contribution in [2.45, 2.75) is 32.5 Å². The molecule has 0 amide bonds. The SMILES string of the molecule is CNCc1ccc(N2CC(C)OCC2C)cc1Br. The summed E-state index contributed by atoms with van der Waals surface area (Å²) in [4.78, 5) is 2.42. The molecule has 3 nitrogen and oxygen atoms in total. The number of hydrogen-bond acceptors (Lipinski definition) is 3. The minimum Gasteiger partial charge on any atom is -0.375 e. The van der Waals surface area contributed by atoms with Crippen LogP contribution >= 0.6 is 15.9 Å². The van der Waals surface area contributed by atoms with E-state index in [-0.39, 0.29) is 0 Å². The molecule has 1 aliphatic heterocycles. The Bertz CT molecular complexity index is 411. The molecule has 4 heteroatoms. The molecule has 1 fully saturated rings. The Kier molecular flexibility index (Phi) is 4.65. The van der Waals surface area contributed by atoms with Gasteiger partial charge in [-0.05, 0) is 38.6 Å². The molecule has 18 heavy (non-hydrogen) atoms. The first-order valence-corrected chi connectivity index (χ1v) is 7.22. The molecule has 1 heterocycles. The van der Waals surface area contributed by atoms with Gasteiger partial charge in [-0.25, -0.2) is 0 Å². The average molecular weight is 313 g/mol. The average Bonchev–Trinajstić information content (AvgIpc) is 2.35. The monoisotopic (exact) mass is 312 g/mol. The number of ether oxygens (including phenoxy) is 1. The zero-order valence-corrected chi connectivity index (χ0v) is 12.8. The summed E-state index contributed by atoms with van der Waals surface area (Å²) < 4.78 is 6.84. The highest BCUT2D eigenvalue weighted by Crippen LogP contribution is 2.27. The van der Waals surface area contributed by atoms with E-state index in [0.29, 0.717) is 12.1 Å². The highest BCUT2D eigenvalue weighted by atomic mass is 79.9. The van der Waals surface area contributed by atoms with Crippen LogP contribution in [0.1, 0.15) is 19.4 Å². The van der Waals surface area contributed by atoms with Gasteiger partial charge in [-0.15, -0.1) is 0 Å². The van der Waals surface area contributed by atoms with Crippen LogP contribution in [-0.4, -0.2) is 32.3 Å². The lowest BCUT2D eigenvalue weighted by molar-refractivity contribution is 0.0344. The molecule has 1 aromatic rings. The first-order chi connectivity index (χ1) is 8.61. The second-order valence-corrected chi connectivity index (χ2v) is 5.81. The Labute approximate surface area is 118 Å². The summed E-state index contributed by atoms with van der Waals surface area (Å²) in [7, 11) is 1.96. The second-order valence-electron chi connectivity index (χ2n) is 4.95. The smallest absolute Gasteiger partial charge is 0.0723 e. The van der Waals surface area contributed by atoms with Gasteiger partial charge in [0.25, 0.3) is 0 Å². The van der Waals surface area contributed by atoms with E-state index in [9.17, 15) is 0 Å². The standard InChI is InChI=1S/C14H21BrN2O/c1-10-9-18-11(2)8-17(10)13-5-4-12(7-16-3)14(15)6-13/h4-6,10-11,16H,7-9H2,1-3H3. The first-order valence-electron chi connectivity index (χ1n) is 6.43. The summed E-state index contributed by atoms with van der Waals surface area (Å²) >= 11 is 3.65. The van der Waals surface area contributed by atoms with Crippen LogP contribution in [0.25, 0.3) is 0 Å². The minimum absolute atomic E-state index is 0.303. The van der Waals surface area contributed by atoms with Gasteiger partial charge >= 0.3 is 0 Å². The van der Waals surface area contributed by atoms with Gasteiger partial charge in [0.1, 0.15) is 0 Å². The van der Waals surface area contributed by atoms with E-state index in [4.69, 9.17) is 4.74 Å². The van der Waals surface area contributed by atoms with Gasteiger partial charge < -0.3 is 15.0 Å². The summed E-state index contributed by atoms with van der Waals surface area (Å²) in [5.74, 6) is 0. The van der Waals surface area contributed by atoms with E-state index in [2.05, 4.69) is 58.2 Å². The molecule has 2 rings (SSSR count). The number of anilines is 1. The normalized spacial score (nSPS) is 24.3. The third kappa shape index (κ3) is 3.05. The zero-order valence-electron chi connectivity index (χ0n) is 11.2. The molecule has 2 atom stereocenters. The van der Waals surface area contributed by atoms with E-state index in [0.717, 1.165) is 19.7 Å². The second kappa shape index (κ2) is 6.04. The van der Waals surface area contributed by atoms with E-state index in [1.807, 2.05) is 7.05 Å². The maximum atomic E-state index is 5.67. The highest BCUT2D eigenvalue weighted by molar-refractivity contribution is 9.10. The number of hydrogen-bond donors (Lipinski definition) is 1. The van der Waals surface area contributed by atoms with Crippen molar-refractivity contribution < 1.29 is 4.74 Å². The van der Waals surface area contributed by atoms with Crippen LogP contribution in [0.15, 0.2) is 22.7 Å². The number of benzene rings is 1. The molecule has 0 aliphatic carbocycles. The summed E-state index contributed by atoms with van der Waals surface area (Å²) in [6.07, 6.45) is 0.303. The third-order valence-corrected chi connectivity index (χ3v) is 4.08. The van der Waals surface area contributed by atoms with Crippen LogP contribution in [0.4, 0.5) is 5.69 Å². The molecule has 1 aliphatic rings. The van der Waals surface area contributed by atoms with Crippen molar-refractivity contribution in [2.75, 3.05) is 25.1 Å². The fourth-order valence-corrected chi connectivity index (χ4v) is 2.82. The number of nitrogens with zero attached hydrogens (tertiary/aromatic N) is 1. The molecule has 0 saturated carbocycles. The predicted octanol–water partition coefficient (Wildman–Crippen LogP) is 2.78. The van der Waals surface area contributed by atoms with E-state index < -0.39 is 0 Å². The Balaban J connectivity index is 2.19. The number of morpholine rings is 1. The summed E-state index contributed by atoms with van der Waals surface area (Å²) in [6, 6.07) is 7.03. The van der Waals surface area contributed by atoms with Crippen molar-refractivity contribution in [3.63, 3.8) is 0 Å². The fraction of sp³-hybridized carbons (Fsp3) is 0.571.